The second-order valence-electron chi connectivity index (χ2n) is 8.11. The first kappa shape index (κ1) is 25.3. The van der Waals surface area contributed by atoms with Crippen molar-refractivity contribution in [3.63, 3.8) is 0 Å². The van der Waals surface area contributed by atoms with Crippen LogP contribution in [0, 0.1) is 11.3 Å². The molecule has 2 heterocycles. The van der Waals surface area contributed by atoms with E-state index in [4.69, 9.17) is 16.3 Å². The Morgan fingerprint density at radius 2 is 1.83 bits per heavy atom. The number of pyridine rings is 1. The number of hydrogen-bond acceptors (Lipinski definition) is 6. The SMILES string of the molecule is CCOC(=O)/C(C#N)=C/C(C(=O)N1c2ccccc2Sc2ccc(Cl)cc21)[n+]1ccc(N(C)C)cc1. The van der Waals surface area contributed by atoms with Crippen LogP contribution in [0.15, 0.2) is 88.4 Å². The lowest BCUT2D eigenvalue weighted by Gasteiger charge is -2.31. The van der Waals surface area contributed by atoms with Crippen molar-refractivity contribution in [2.45, 2.75) is 22.8 Å². The van der Waals surface area contributed by atoms with Crippen LogP contribution in [0.2, 0.25) is 5.02 Å². The van der Waals surface area contributed by atoms with Gasteiger partial charge in [0.25, 0.3) is 6.04 Å². The van der Waals surface area contributed by atoms with Gasteiger partial charge in [0, 0.05) is 52.8 Å². The number of carbonyl (C=O) groups excluding carboxylic acids is 2. The van der Waals surface area contributed by atoms with Crippen molar-refractivity contribution >= 4 is 52.3 Å². The van der Waals surface area contributed by atoms with Crippen LogP contribution in [-0.2, 0) is 14.3 Å². The Morgan fingerprint density at radius 1 is 1.14 bits per heavy atom. The monoisotopic (exact) mass is 519 g/mol. The molecule has 182 valence electrons. The molecule has 1 aromatic heterocycles. The molecule has 9 heteroatoms. The maximum atomic E-state index is 14.3. The minimum Gasteiger partial charge on any atom is -0.462 e. The van der Waals surface area contributed by atoms with E-state index >= 15 is 0 Å². The van der Waals surface area contributed by atoms with Gasteiger partial charge in [-0.2, -0.15) is 9.83 Å². The third kappa shape index (κ3) is 5.08. The van der Waals surface area contributed by atoms with Crippen molar-refractivity contribution in [2.75, 3.05) is 30.5 Å². The summed E-state index contributed by atoms with van der Waals surface area (Å²) < 4.78 is 6.71. The predicted octanol–water partition coefficient (Wildman–Crippen LogP) is 5.08. The molecule has 0 aliphatic carbocycles. The summed E-state index contributed by atoms with van der Waals surface area (Å²) in [5.74, 6) is -1.13. The Morgan fingerprint density at radius 3 is 2.50 bits per heavy atom. The number of benzene rings is 2. The standard InChI is InChI=1S/C27H24ClN4O3S/c1-4-35-27(34)18(17-29)15-23(31-13-11-20(12-14-31)30(2)3)26(33)32-21-7-5-6-8-24(21)36-25-10-9-19(28)16-22(25)32/h5-16,23H,4H2,1-3H3/q+1/b18-15+. The molecule has 0 saturated heterocycles. The Balaban J connectivity index is 1.88. The van der Waals surface area contributed by atoms with Gasteiger partial charge < -0.3 is 9.64 Å². The van der Waals surface area contributed by atoms with Crippen LogP contribution < -0.4 is 14.4 Å². The van der Waals surface area contributed by atoms with Crippen LogP contribution in [0.5, 0.6) is 0 Å². The van der Waals surface area contributed by atoms with Crippen molar-refractivity contribution in [1.82, 2.24) is 0 Å². The summed E-state index contributed by atoms with van der Waals surface area (Å²) in [6.45, 7) is 1.77. The zero-order valence-corrected chi connectivity index (χ0v) is 21.6. The van der Waals surface area contributed by atoms with E-state index in [1.165, 1.54) is 6.08 Å². The number of amides is 1. The lowest BCUT2D eigenvalue weighted by Crippen LogP contribution is -2.48. The fourth-order valence-corrected chi connectivity index (χ4v) is 5.02. The van der Waals surface area contributed by atoms with Crippen molar-refractivity contribution in [3.8, 4) is 6.07 Å². The summed E-state index contributed by atoms with van der Waals surface area (Å²) >= 11 is 7.88. The molecule has 0 bridgehead atoms. The zero-order valence-electron chi connectivity index (χ0n) is 20.0. The van der Waals surface area contributed by atoms with Gasteiger partial charge in [0.05, 0.1) is 18.0 Å². The van der Waals surface area contributed by atoms with Gasteiger partial charge in [-0.15, -0.1) is 0 Å². The summed E-state index contributed by atoms with van der Waals surface area (Å²) in [5.41, 5.74) is 2.02. The average molecular weight is 520 g/mol. The van der Waals surface area contributed by atoms with Gasteiger partial charge in [0.2, 0.25) is 0 Å². The molecular weight excluding hydrogens is 496 g/mol. The van der Waals surface area contributed by atoms with Crippen LogP contribution in [0.1, 0.15) is 13.0 Å². The maximum absolute atomic E-state index is 14.3. The predicted molar refractivity (Wildman–Crippen MR) is 139 cm³/mol. The van der Waals surface area contributed by atoms with E-state index in [2.05, 4.69) is 0 Å². The van der Waals surface area contributed by atoms with E-state index in [0.717, 1.165) is 15.5 Å². The molecule has 0 radical (unpaired) electrons. The van der Waals surface area contributed by atoms with E-state index < -0.39 is 12.0 Å². The zero-order chi connectivity index (χ0) is 25.8. The van der Waals surface area contributed by atoms with E-state index in [1.807, 2.05) is 67.5 Å². The molecular formula is C27H24ClN4O3S+. The maximum Gasteiger partial charge on any atom is 0.348 e. The lowest BCUT2D eigenvalue weighted by atomic mass is 10.1. The molecule has 36 heavy (non-hydrogen) atoms. The molecule has 0 spiro atoms. The number of esters is 1. The van der Waals surface area contributed by atoms with Gasteiger partial charge in [-0.3, -0.25) is 9.69 Å². The molecule has 0 saturated carbocycles. The topological polar surface area (TPSA) is 77.5 Å². The van der Waals surface area contributed by atoms with Crippen LogP contribution in [-0.4, -0.2) is 32.6 Å². The first-order valence-electron chi connectivity index (χ1n) is 11.2. The molecule has 1 amide bonds. The minimum atomic E-state index is -1.01. The summed E-state index contributed by atoms with van der Waals surface area (Å²) in [7, 11) is 3.83. The number of fused-ring (bicyclic) bond motifs is 2. The Hall–Kier alpha value is -3.80. The molecule has 1 atom stereocenters. The molecule has 7 nitrogen and oxygen atoms in total. The normalized spacial score (nSPS) is 13.2. The molecule has 1 unspecified atom stereocenters. The van der Waals surface area contributed by atoms with Gasteiger partial charge >= 0.3 is 11.9 Å². The summed E-state index contributed by atoms with van der Waals surface area (Å²) in [6, 6.07) is 17.6. The number of anilines is 3. The Kier molecular flexibility index (Phi) is 7.63. The highest BCUT2D eigenvalue weighted by Crippen LogP contribution is 2.49. The fourth-order valence-electron chi connectivity index (χ4n) is 3.81. The van der Waals surface area contributed by atoms with Crippen molar-refractivity contribution in [2.24, 2.45) is 0 Å². The van der Waals surface area contributed by atoms with E-state index in [1.54, 1.807) is 52.7 Å². The number of para-hydroxylation sites is 1. The van der Waals surface area contributed by atoms with E-state index in [9.17, 15) is 14.9 Å². The molecule has 2 aromatic carbocycles. The van der Waals surface area contributed by atoms with Gasteiger partial charge in [0.15, 0.2) is 12.4 Å². The summed E-state index contributed by atoms with van der Waals surface area (Å²) in [6.07, 6.45) is 4.85. The number of nitriles is 1. The number of nitrogens with zero attached hydrogens (tertiary/aromatic N) is 4. The Labute approximate surface area is 219 Å². The fraction of sp³-hybridized carbons (Fsp3) is 0.185. The highest BCUT2D eigenvalue weighted by atomic mass is 35.5. The average Bonchev–Trinajstić information content (AvgIpc) is 2.88. The van der Waals surface area contributed by atoms with Crippen LogP contribution in [0.25, 0.3) is 0 Å². The summed E-state index contributed by atoms with van der Waals surface area (Å²) in [4.78, 5) is 32.1. The van der Waals surface area contributed by atoms with E-state index in [-0.39, 0.29) is 18.1 Å². The Bertz CT molecular complexity index is 1380. The third-order valence-electron chi connectivity index (χ3n) is 5.57. The smallest absolute Gasteiger partial charge is 0.348 e. The first-order chi connectivity index (χ1) is 17.3. The molecule has 1 aliphatic heterocycles. The highest BCUT2D eigenvalue weighted by Gasteiger charge is 2.37. The molecule has 0 N–H and O–H groups in total. The van der Waals surface area contributed by atoms with Crippen LogP contribution in [0.3, 0.4) is 0 Å². The van der Waals surface area contributed by atoms with Gasteiger partial charge in [-0.25, -0.2) is 4.79 Å². The second-order valence-corrected chi connectivity index (χ2v) is 9.63. The minimum absolute atomic E-state index is 0.115. The molecule has 4 rings (SSSR count). The number of ether oxygens (including phenoxy) is 1. The highest BCUT2D eigenvalue weighted by molar-refractivity contribution is 7.99. The van der Waals surface area contributed by atoms with Gasteiger partial charge in [-0.1, -0.05) is 35.5 Å². The van der Waals surface area contributed by atoms with E-state index in [0.29, 0.717) is 16.4 Å². The second kappa shape index (κ2) is 10.9. The molecule has 0 fully saturated rings. The lowest BCUT2D eigenvalue weighted by molar-refractivity contribution is -0.698. The van der Waals surface area contributed by atoms with Crippen LogP contribution >= 0.6 is 23.4 Å². The summed E-state index contributed by atoms with van der Waals surface area (Å²) in [5, 5.41) is 10.2. The first-order valence-corrected chi connectivity index (χ1v) is 12.4. The third-order valence-corrected chi connectivity index (χ3v) is 6.94. The van der Waals surface area contributed by atoms with Crippen LogP contribution in [0.4, 0.5) is 17.1 Å². The number of halogens is 1. The van der Waals surface area contributed by atoms with Crippen molar-refractivity contribution < 1.29 is 18.9 Å². The van der Waals surface area contributed by atoms with Gasteiger partial charge in [0.1, 0.15) is 11.6 Å². The number of carbonyl (C=O) groups is 2. The quantitative estimate of drug-likeness (QED) is 0.196. The largest absolute Gasteiger partial charge is 0.462 e. The van der Waals surface area contributed by atoms with Crippen molar-refractivity contribution in [1.29, 1.82) is 5.26 Å². The van der Waals surface area contributed by atoms with Gasteiger partial charge in [-0.05, 0) is 37.3 Å². The molecule has 3 aromatic rings. The molecule has 1 aliphatic rings. The van der Waals surface area contributed by atoms with Crippen molar-refractivity contribution in [3.05, 3.63) is 83.7 Å². The number of rotatable bonds is 6. The number of hydrogen-bond donors (Lipinski definition) is 0. The number of aromatic nitrogens is 1.